The Kier molecular flexibility index (Phi) is 8.11. The molecule has 0 spiro atoms. The largest absolute Gasteiger partial charge is 0.468 e. The van der Waals surface area contributed by atoms with Gasteiger partial charge in [0.1, 0.15) is 12.4 Å². The number of Topliss-reactive ketones (excluding diaryl/α,β-unsaturated/α-hetero) is 1. The second-order valence-corrected chi connectivity index (χ2v) is 8.31. The molecule has 1 aliphatic heterocycles. The number of carbonyl (C=O) groups excluding carboxylic acids is 3. The second-order valence-electron chi connectivity index (χ2n) is 7.32. The van der Waals surface area contributed by atoms with Gasteiger partial charge in [-0.15, -0.1) is 0 Å². The molecule has 0 aliphatic carbocycles. The Labute approximate surface area is 201 Å². The molecule has 0 bridgehead atoms. The summed E-state index contributed by atoms with van der Waals surface area (Å²) in [7, 11) is 0. The van der Waals surface area contributed by atoms with Crippen molar-refractivity contribution in [2.24, 2.45) is 0 Å². The molecule has 2 N–H and O–H groups in total. The predicted octanol–water partition coefficient (Wildman–Crippen LogP) is 4.28. The van der Waals surface area contributed by atoms with Gasteiger partial charge in [-0.2, -0.15) is 5.26 Å². The van der Waals surface area contributed by atoms with E-state index in [1.165, 1.54) is 19.3 Å². The smallest absolute Gasteiger partial charge is 0.337 e. The molecule has 1 aromatic carbocycles. The molecule has 0 saturated heterocycles. The maximum Gasteiger partial charge on any atom is 0.337 e. The zero-order chi connectivity index (χ0) is 24.7. The number of carbonyl (C=O) groups is 3. The Morgan fingerprint density at radius 1 is 1.29 bits per heavy atom. The fourth-order valence-electron chi connectivity index (χ4n) is 3.37. The monoisotopic (exact) mass is 477 g/mol. The standard InChI is InChI=1S/C25H23N3O5S/c1-4-11-33-25(31)22-15(2)27-24(19(13-26)23(22)20-6-5-12-32-20)34-14-21(30)28-18-9-7-17(8-10-18)16(3)29/h4-10,12,23,27H,1,11,14H2,2-3H3,(H,28,30)/t23-/m0/s1. The Bertz CT molecular complexity index is 1200. The summed E-state index contributed by atoms with van der Waals surface area (Å²) in [5.74, 6) is -1.29. The number of furan rings is 1. The van der Waals surface area contributed by atoms with Gasteiger partial charge < -0.3 is 19.8 Å². The topological polar surface area (TPSA) is 121 Å². The summed E-state index contributed by atoms with van der Waals surface area (Å²) in [6.07, 6.45) is 2.92. The molecular weight excluding hydrogens is 454 g/mol. The SMILES string of the molecule is C=CCOC(=O)C1=C(C)NC(SCC(=O)Nc2ccc(C(C)=O)cc2)=C(C#N)[C@H]1c1ccco1. The number of ether oxygens (including phenoxy) is 1. The summed E-state index contributed by atoms with van der Waals surface area (Å²) >= 11 is 1.14. The van der Waals surface area contributed by atoms with Crippen molar-refractivity contribution in [1.82, 2.24) is 5.32 Å². The minimum Gasteiger partial charge on any atom is -0.468 e. The minimum absolute atomic E-state index is 0.0103. The van der Waals surface area contributed by atoms with E-state index in [-0.39, 0.29) is 35.2 Å². The van der Waals surface area contributed by atoms with Crippen LogP contribution in [0.15, 0.2) is 81.6 Å². The molecule has 34 heavy (non-hydrogen) atoms. The van der Waals surface area contributed by atoms with Gasteiger partial charge in [-0.1, -0.05) is 24.4 Å². The summed E-state index contributed by atoms with van der Waals surface area (Å²) in [4.78, 5) is 36.6. The highest BCUT2D eigenvalue weighted by molar-refractivity contribution is 8.03. The van der Waals surface area contributed by atoms with E-state index in [2.05, 4.69) is 23.3 Å². The minimum atomic E-state index is -0.775. The summed E-state index contributed by atoms with van der Waals surface area (Å²) in [6.45, 7) is 6.75. The van der Waals surface area contributed by atoms with Crippen LogP contribution >= 0.6 is 11.8 Å². The third kappa shape index (κ3) is 5.66. The van der Waals surface area contributed by atoms with Crippen LogP contribution in [0.2, 0.25) is 0 Å². The molecule has 0 fully saturated rings. The van der Waals surface area contributed by atoms with E-state index in [0.717, 1.165) is 11.8 Å². The number of allylic oxidation sites excluding steroid dienone is 2. The lowest BCUT2D eigenvalue weighted by Gasteiger charge is -2.27. The first-order valence-corrected chi connectivity index (χ1v) is 11.3. The average Bonchev–Trinajstić information content (AvgIpc) is 3.35. The average molecular weight is 478 g/mol. The van der Waals surface area contributed by atoms with Crippen molar-refractivity contribution in [1.29, 1.82) is 5.26 Å². The molecule has 2 aromatic rings. The van der Waals surface area contributed by atoms with Gasteiger partial charge in [0.25, 0.3) is 0 Å². The third-order valence-electron chi connectivity index (χ3n) is 4.95. The van der Waals surface area contributed by atoms with Gasteiger partial charge >= 0.3 is 5.97 Å². The Hall–Kier alpha value is -4.03. The number of nitrogens with one attached hydrogen (secondary N) is 2. The van der Waals surface area contributed by atoms with Crippen molar-refractivity contribution >= 4 is 35.1 Å². The van der Waals surface area contributed by atoms with Crippen molar-refractivity contribution < 1.29 is 23.5 Å². The van der Waals surface area contributed by atoms with Gasteiger partial charge in [-0.25, -0.2) is 4.79 Å². The molecule has 1 aromatic heterocycles. The second kappa shape index (κ2) is 11.2. The van der Waals surface area contributed by atoms with E-state index in [1.54, 1.807) is 43.3 Å². The fourth-order valence-corrected chi connectivity index (χ4v) is 4.26. The van der Waals surface area contributed by atoms with Crippen LogP contribution in [0.5, 0.6) is 0 Å². The number of rotatable bonds is 9. The number of thioether (sulfide) groups is 1. The van der Waals surface area contributed by atoms with E-state index in [0.29, 0.717) is 27.7 Å². The van der Waals surface area contributed by atoms with Crippen LogP contribution in [0, 0.1) is 11.3 Å². The van der Waals surface area contributed by atoms with Crippen molar-refractivity contribution in [3.05, 3.63) is 88.5 Å². The van der Waals surface area contributed by atoms with Crippen LogP contribution < -0.4 is 10.6 Å². The van der Waals surface area contributed by atoms with Gasteiger partial charge in [0, 0.05) is 16.9 Å². The molecule has 1 atom stereocenters. The van der Waals surface area contributed by atoms with Gasteiger partial charge in [-0.05, 0) is 50.2 Å². The third-order valence-corrected chi connectivity index (χ3v) is 5.97. The molecule has 174 valence electrons. The Morgan fingerprint density at radius 3 is 2.62 bits per heavy atom. The maximum absolute atomic E-state index is 12.7. The number of nitriles is 1. The molecular formula is C25H23N3O5S. The zero-order valence-corrected chi connectivity index (χ0v) is 19.5. The highest BCUT2D eigenvalue weighted by Gasteiger charge is 2.37. The zero-order valence-electron chi connectivity index (χ0n) is 18.7. The highest BCUT2D eigenvalue weighted by Crippen LogP contribution is 2.41. The molecule has 8 nitrogen and oxygen atoms in total. The first kappa shape index (κ1) is 24.6. The number of hydrogen-bond donors (Lipinski definition) is 2. The lowest BCUT2D eigenvalue weighted by Crippen LogP contribution is -2.29. The van der Waals surface area contributed by atoms with E-state index in [9.17, 15) is 19.6 Å². The van der Waals surface area contributed by atoms with Gasteiger partial charge in [-0.3, -0.25) is 9.59 Å². The van der Waals surface area contributed by atoms with E-state index in [4.69, 9.17) is 9.15 Å². The fraction of sp³-hybridized carbons (Fsp3) is 0.200. The van der Waals surface area contributed by atoms with Crippen LogP contribution in [0.4, 0.5) is 5.69 Å². The van der Waals surface area contributed by atoms with Crippen LogP contribution in [0.25, 0.3) is 0 Å². The lowest BCUT2D eigenvalue weighted by molar-refractivity contribution is -0.138. The number of hydrogen-bond acceptors (Lipinski definition) is 8. The molecule has 0 radical (unpaired) electrons. The first-order valence-electron chi connectivity index (χ1n) is 10.3. The molecule has 0 saturated carbocycles. The quantitative estimate of drug-likeness (QED) is 0.312. The number of nitrogens with zero attached hydrogens (tertiary/aromatic N) is 1. The highest BCUT2D eigenvalue weighted by atomic mass is 32.2. The van der Waals surface area contributed by atoms with Gasteiger partial charge in [0.2, 0.25) is 5.91 Å². The summed E-state index contributed by atoms with van der Waals surface area (Å²) < 4.78 is 10.8. The van der Waals surface area contributed by atoms with E-state index >= 15 is 0 Å². The van der Waals surface area contributed by atoms with Crippen molar-refractivity contribution in [3.63, 3.8) is 0 Å². The summed E-state index contributed by atoms with van der Waals surface area (Å²) in [5.41, 5.74) is 2.11. The summed E-state index contributed by atoms with van der Waals surface area (Å²) in [6, 6.07) is 12.1. The van der Waals surface area contributed by atoms with E-state index < -0.39 is 11.9 Å². The molecule has 0 unspecified atom stereocenters. The maximum atomic E-state index is 12.7. The van der Waals surface area contributed by atoms with Gasteiger partial charge in [0.05, 0.1) is 40.2 Å². The van der Waals surface area contributed by atoms with Crippen LogP contribution in [0.3, 0.4) is 0 Å². The number of benzene rings is 1. The van der Waals surface area contributed by atoms with Crippen molar-refractivity contribution in [2.45, 2.75) is 19.8 Å². The molecule has 1 aliphatic rings. The Balaban J connectivity index is 1.79. The number of amides is 1. The number of ketones is 1. The van der Waals surface area contributed by atoms with Crippen molar-refractivity contribution in [2.75, 3.05) is 17.7 Å². The van der Waals surface area contributed by atoms with Crippen molar-refractivity contribution in [3.8, 4) is 6.07 Å². The van der Waals surface area contributed by atoms with E-state index in [1.807, 2.05) is 0 Å². The molecule has 9 heteroatoms. The molecule has 1 amide bonds. The number of esters is 1. The first-order chi connectivity index (χ1) is 16.3. The lowest BCUT2D eigenvalue weighted by atomic mass is 9.86. The van der Waals surface area contributed by atoms with Gasteiger partial charge in [0.15, 0.2) is 5.78 Å². The Morgan fingerprint density at radius 2 is 2.03 bits per heavy atom. The van der Waals surface area contributed by atoms with Crippen LogP contribution in [0.1, 0.15) is 35.9 Å². The van der Waals surface area contributed by atoms with Crippen LogP contribution in [-0.2, 0) is 14.3 Å². The predicted molar refractivity (Wildman–Crippen MR) is 129 cm³/mol. The normalized spacial score (nSPS) is 15.3. The van der Waals surface area contributed by atoms with Crippen LogP contribution in [-0.4, -0.2) is 30.0 Å². The molecule has 3 rings (SSSR count). The number of dihydropyridines is 1. The number of anilines is 1. The molecule has 2 heterocycles. The summed E-state index contributed by atoms with van der Waals surface area (Å²) in [5, 5.41) is 16.2.